The summed E-state index contributed by atoms with van der Waals surface area (Å²) in [6.45, 7) is 3.79. The minimum atomic E-state index is -0.977. The van der Waals surface area contributed by atoms with E-state index in [9.17, 15) is 19.5 Å². The van der Waals surface area contributed by atoms with Gasteiger partial charge in [0.25, 0.3) is 5.91 Å². The van der Waals surface area contributed by atoms with Gasteiger partial charge in [0.05, 0.1) is 6.04 Å². The zero-order valence-corrected chi connectivity index (χ0v) is 19.1. The summed E-state index contributed by atoms with van der Waals surface area (Å²) in [5.74, 6) is -1.21. The Balaban J connectivity index is 1.50. The van der Waals surface area contributed by atoms with E-state index in [0.29, 0.717) is 29.8 Å². The molecule has 3 aromatic carbocycles. The maximum absolute atomic E-state index is 13.0. The van der Waals surface area contributed by atoms with Crippen LogP contribution in [0.3, 0.4) is 0 Å². The summed E-state index contributed by atoms with van der Waals surface area (Å²) in [5, 5.41) is 15.2. The van der Waals surface area contributed by atoms with Crippen LogP contribution in [-0.2, 0) is 4.79 Å². The normalized spacial score (nSPS) is 15.5. The highest BCUT2D eigenvalue weighted by Gasteiger charge is 2.40. The Kier molecular flexibility index (Phi) is 6.63. The van der Waals surface area contributed by atoms with Crippen molar-refractivity contribution in [2.24, 2.45) is 0 Å². The van der Waals surface area contributed by atoms with E-state index < -0.39 is 12.0 Å². The number of anilines is 2. The average molecular weight is 458 g/mol. The van der Waals surface area contributed by atoms with Gasteiger partial charge in [-0.25, -0.2) is 9.59 Å². The summed E-state index contributed by atoms with van der Waals surface area (Å²) in [6, 6.07) is 20.7. The number of rotatable bonds is 7. The van der Waals surface area contributed by atoms with Crippen molar-refractivity contribution < 1.29 is 19.5 Å². The molecule has 0 aliphatic carbocycles. The van der Waals surface area contributed by atoms with Crippen molar-refractivity contribution in [3.8, 4) is 11.1 Å². The summed E-state index contributed by atoms with van der Waals surface area (Å²) >= 11 is 0. The van der Waals surface area contributed by atoms with Crippen LogP contribution in [0.15, 0.2) is 72.8 Å². The van der Waals surface area contributed by atoms with Crippen LogP contribution in [0.4, 0.5) is 16.2 Å². The SMILES string of the molecule is CCCC(C(=O)O)N1C(=O)c2ccc(-c3ccc(NC(=O)Nc4ccccc4)cc3)cc2[C@@H]1C. The van der Waals surface area contributed by atoms with Gasteiger partial charge in [-0.3, -0.25) is 4.79 Å². The molecule has 4 rings (SSSR count). The minimum absolute atomic E-state index is 0.237. The maximum Gasteiger partial charge on any atom is 0.326 e. The first-order chi connectivity index (χ1) is 16.4. The van der Waals surface area contributed by atoms with Gasteiger partial charge in [-0.05, 0) is 66.4 Å². The molecule has 7 heteroatoms. The highest BCUT2D eigenvalue weighted by atomic mass is 16.4. The molecular weight excluding hydrogens is 430 g/mol. The molecule has 0 aromatic heterocycles. The van der Waals surface area contributed by atoms with Crippen LogP contribution in [0.25, 0.3) is 11.1 Å². The van der Waals surface area contributed by atoms with Gasteiger partial charge in [0.2, 0.25) is 0 Å². The molecule has 34 heavy (non-hydrogen) atoms. The number of amides is 3. The van der Waals surface area contributed by atoms with Gasteiger partial charge < -0.3 is 20.6 Å². The van der Waals surface area contributed by atoms with Crippen molar-refractivity contribution in [2.45, 2.75) is 38.8 Å². The molecule has 174 valence electrons. The lowest BCUT2D eigenvalue weighted by Crippen LogP contribution is -2.42. The van der Waals surface area contributed by atoms with E-state index in [0.717, 1.165) is 16.7 Å². The molecule has 0 radical (unpaired) electrons. The van der Waals surface area contributed by atoms with E-state index >= 15 is 0 Å². The molecule has 1 unspecified atom stereocenters. The number of para-hydroxylation sites is 1. The third-order valence-corrected chi connectivity index (χ3v) is 6.07. The second kappa shape index (κ2) is 9.79. The van der Waals surface area contributed by atoms with E-state index in [4.69, 9.17) is 0 Å². The molecule has 2 atom stereocenters. The largest absolute Gasteiger partial charge is 0.480 e. The van der Waals surface area contributed by atoms with Crippen LogP contribution in [0.2, 0.25) is 0 Å². The third kappa shape index (κ3) is 4.64. The fraction of sp³-hybridized carbons (Fsp3) is 0.222. The van der Waals surface area contributed by atoms with Gasteiger partial charge >= 0.3 is 12.0 Å². The number of fused-ring (bicyclic) bond motifs is 1. The van der Waals surface area contributed by atoms with Crippen LogP contribution in [0.1, 0.15) is 48.7 Å². The van der Waals surface area contributed by atoms with Gasteiger partial charge in [0.15, 0.2) is 0 Å². The van der Waals surface area contributed by atoms with Gasteiger partial charge in [-0.1, -0.05) is 49.7 Å². The molecule has 3 N–H and O–H groups in total. The van der Waals surface area contributed by atoms with Crippen molar-refractivity contribution in [2.75, 3.05) is 10.6 Å². The Hall–Kier alpha value is -4.13. The van der Waals surface area contributed by atoms with Crippen molar-refractivity contribution in [3.05, 3.63) is 83.9 Å². The molecule has 0 saturated heterocycles. The topological polar surface area (TPSA) is 98.7 Å². The number of carbonyl (C=O) groups excluding carboxylic acids is 2. The Morgan fingerprint density at radius 2 is 1.56 bits per heavy atom. The molecule has 0 spiro atoms. The number of nitrogens with zero attached hydrogens (tertiary/aromatic N) is 1. The van der Waals surface area contributed by atoms with E-state index in [-0.39, 0.29) is 18.0 Å². The van der Waals surface area contributed by atoms with Crippen molar-refractivity contribution in [3.63, 3.8) is 0 Å². The predicted molar refractivity (Wildman–Crippen MR) is 132 cm³/mol. The molecular formula is C27H27N3O4. The Morgan fingerprint density at radius 3 is 2.18 bits per heavy atom. The number of urea groups is 1. The number of benzene rings is 3. The highest BCUT2D eigenvalue weighted by Crippen LogP contribution is 2.38. The van der Waals surface area contributed by atoms with Crippen LogP contribution < -0.4 is 10.6 Å². The zero-order valence-electron chi connectivity index (χ0n) is 19.1. The van der Waals surface area contributed by atoms with Gasteiger partial charge in [0.1, 0.15) is 6.04 Å². The fourth-order valence-corrected chi connectivity index (χ4v) is 4.37. The molecule has 3 amide bonds. The van der Waals surface area contributed by atoms with Crippen molar-refractivity contribution in [1.29, 1.82) is 0 Å². The fourth-order valence-electron chi connectivity index (χ4n) is 4.37. The second-order valence-electron chi connectivity index (χ2n) is 8.36. The summed E-state index contributed by atoms with van der Waals surface area (Å²) < 4.78 is 0. The number of nitrogens with one attached hydrogen (secondary N) is 2. The molecule has 1 heterocycles. The van der Waals surface area contributed by atoms with Crippen LogP contribution in [-0.4, -0.2) is 34.0 Å². The summed E-state index contributed by atoms with van der Waals surface area (Å²) in [6.07, 6.45) is 1.09. The smallest absolute Gasteiger partial charge is 0.326 e. The number of hydrogen-bond acceptors (Lipinski definition) is 3. The second-order valence-corrected chi connectivity index (χ2v) is 8.36. The van der Waals surface area contributed by atoms with Crippen molar-refractivity contribution >= 4 is 29.3 Å². The van der Waals surface area contributed by atoms with E-state index in [1.54, 1.807) is 6.07 Å². The van der Waals surface area contributed by atoms with Crippen LogP contribution in [0.5, 0.6) is 0 Å². The van der Waals surface area contributed by atoms with E-state index in [1.165, 1.54) is 4.90 Å². The number of carboxylic acids is 1. The summed E-state index contributed by atoms with van der Waals surface area (Å²) in [5.41, 5.74) is 4.58. The quantitative estimate of drug-likeness (QED) is 0.420. The zero-order chi connectivity index (χ0) is 24.2. The Labute approximate surface area is 198 Å². The maximum atomic E-state index is 13.0. The van der Waals surface area contributed by atoms with Gasteiger partial charge in [0, 0.05) is 16.9 Å². The van der Waals surface area contributed by atoms with Crippen molar-refractivity contribution in [1.82, 2.24) is 4.90 Å². The Morgan fingerprint density at radius 1 is 0.941 bits per heavy atom. The first kappa shape index (κ1) is 23.0. The number of carbonyl (C=O) groups is 3. The molecule has 3 aromatic rings. The molecule has 0 fully saturated rings. The van der Waals surface area contributed by atoms with E-state index in [1.807, 2.05) is 80.6 Å². The summed E-state index contributed by atoms with van der Waals surface area (Å²) in [7, 11) is 0. The molecule has 7 nitrogen and oxygen atoms in total. The average Bonchev–Trinajstić information content (AvgIpc) is 3.07. The Bertz CT molecular complexity index is 1210. The van der Waals surface area contributed by atoms with Gasteiger partial charge in [-0.15, -0.1) is 0 Å². The monoisotopic (exact) mass is 457 g/mol. The first-order valence-electron chi connectivity index (χ1n) is 11.3. The summed E-state index contributed by atoms with van der Waals surface area (Å²) in [4.78, 5) is 38.5. The van der Waals surface area contributed by atoms with Gasteiger partial charge in [-0.2, -0.15) is 0 Å². The molecule has 1 aliphatic heterocycles. The van der Waals surface area contributed by atoms with E-state index in [2.05, 4.69) is 10.6 Å². The highest BCUT2D eigenvalue weighted by molar-refractivity contribution is 6.02. The lowest BCUT2D eigenvalue weighted by Gasteiger charge is -2.28. The standard InChI is InChI=1S/C27H27N3O4/c1-3-7-24(26(32)33)30-17(2)23-16-19(12-15-22(23)25(30)31)18-10-13-21(14-11-18)29-27(34)28-20-8-5-4-6-9-20/h4-6,8-17,24H,3,7H2,1-2H3,(H,32,33)(H2,28,29,34)/t17-,24?/m0/s1. The van der Waals surface area contributed by atoms with Crippen LogP contribution in [0, 0.1) is 0 Å². The lowest BCUT2D eigenvalue weighted by atomic mass is 9.97. The number of aliphatic carboxylic acids is 1. The molecule has 0 saturated carbocycles. The molecule has 1 aliphatic rings. The van der Waals surface area contributed by atoms with Crippen LogP contribution >= 0.6 is 0 Å². The first-order valence-corrected chi connectivity index (χ1v) is 11.3. The number of hydrogen-bond donors (Lipinski definition) is 3. The minimum Gasteiger partial charge on any atom is -0.480 e. The molecule has 0 bridgehead atoms. The predicted octanol–water partition coefficient (Wildman–Crippen LogP) is 5.77. The lowest BCUT2D eigenvalue weighted by molar-refractivity contribution is -0.143. The third-order valence-electron chi connectivity index (χ3n) is 6.07. The number of carboxylic acid groups (broad SMARTS) is 1.